The van der Waals surface area contributed by atoms with Gasteiger partial charge in [0.25, 0.3) is 0 Å². The Labute approximate surface area is 92.7 Å². The number of fused-ring (bicyclic) bond motifs is 1. The molecule has 16 heavy (non-hydrogen) atoms. The molecule has 2 rings (SSSR count). The fraction of sp³-hybridized carbons (Fsp3) is 0.273. The van der Waals surface area contributed by atoms with E-state index in [1.165, 1.54) is 6.20 Å². The van der Waals surface area contributed by atoms with Gasteiger partial charge >= 0.3 is 0 Å². The molecule has 1 aromatic carbocycles. The van der Waals surface area contributed by atoms with E-state index >= 15 is 0 Å². The number of nitrogens with zero attached hydrogens (tertiary/aromatic N) is 2. The minimum atomic E-state index is 0.176. The number of rotatable bonds is 4. The van der Waals surface area contributed by atoms with Crippen molar-refractivity contribution in [3.63, 3.8) is 0 Å². The Bertz CT molecular complexity index is 488. The van der Waals surface area contributed by atoms with Crippen LogP contribution in [0.15, 0.2) is 24.4 Å². The largest absolute Gasteiger partial charge is 0.508 e. The molecule has 84 valence electrons. The number of ether oxygens (including phenoxy) is 2. The summed E-state index contributed by atoms with van der Waals surface area (Å²) in [6, 6.07) is 4.82. The van der Waals surface area contributed by atoms with E-state index in [0.717, 1.165) is 0 Å². The topological polar surface area (TPSA) is 64.5 Å². The molecule has 5 nitrogen and oxygen atoms in total. The Hall–Kier alpha value is -1.88. The van der Waals surface area contributed by atoms with E-state index in [-0.39, 0.29) is 5.75 Å². The Kier molecular flexibility index (Phi) is 3.16. The lowest BCUT2D eigenvalue weighted by molar-refractivity contribution is 0.143. The maximum Gasteiger partial charge on any atom is 0.232 e. The Morgan fingerprint density at radius 1 is 1.25 bits per heavy atom. The van der Waals surface area contributed by atoms with Crippen LogP contribution in [-0.4, -0.2) is 35.4 Å². The van der Waals surface area contributed by atoms with Crippen LogP contribution in [0.1, 0.15) is 0 Å². The number of aromatic hydroxyl groups is 1. The van der Waals surface area contributed by atoms with E-state index in [0.29, 0.717) is 30.1 Å². The second-order valence-electron chi connectivity index (χ2n) is 3.22. The minimum absolute atomic E-state index is 0.176. The lowest BCUT2D eigenvalue weighted by atomic mass is 10.3. The zero-order chi connectivity index (χ0) is 11.4. The van der Waals surface area contributed by atoms with E-state index in [4.69, 9.17) is 9.47 Å². The summed E-state index contributed by atoms with van der Waals surface area (Å²) in [7, 11) is 1.61. The van der Waals surface area contributed by atoms with E-state index in [1.807, 2.05) is 0 Å². The first-order chi connectivity index (χ1) is 7.79. The summed E-state index contributed by atoms with van der Waals surface area (Å²) in [5.74, 6) is 0.630. The Morgan fingerprint density at radius 3 is 2.94 bits per heavy atom. The van der Waals surface area contributed by atoms with Crippen LogP contribution in [0.4, 0.5) is 0 Å². The third kappa shape index (κ3) is 2.38. The number of hydrogen-bond acceptors (Lipinski definition) is 5. The molecular weight excluding hydrogens is 208 g/mol. The predicted octanol–water partition coefficient (Wildman–Crippen LogP) is 1.36. The minimum Gasteiger partial charge on any atom is -0.508 e. The van der Waals surface area contributed by atoms with Gasteiger partial charge in [-0.25, -0.2) is 9.97 Å². The zero-order valence-corrected chi connectivity index (χ0v) is 8.88. The molecule has 0 fully saturated rings. The van der Waals surface area contributed by atoms with Crippen molar-refractivity contribution in [1.82, 2.24) is 9.97 Å². The summed E-state index contributed by atoms with van der Waals surface area (Å²) < 4.78 is 10.2. The predicted molar refractivity (Wildman–Crippen MR) is 58.6 cm³/mol. The van der Waals surface area contributed by atoms with Crippen LogP contribution in [0, 0.1) is 0 Å². The highest BCUT2D eigenvalue weighted by Gasteiger charge is 2.01. The first-order valence-corrected chi connectivity index (χ1v) is 4.87. The first-order valence-electron chi connectivity index (χ1n) is 4.87. The third-order valence-corrected chi connectivity index (χ3v) is 2.04. The number of phenolic OH excluding ortho intramolecular Hbond substituents is 1. The van der Waals surface area contributed by atoms with Crippen molar-refractivity contribution in [2.24, 2.45) is 0 Å². The number of methoxy groups -OCH3 is 1. The van der Waals surface area contributed by atoms with Crippen molar-refractivity contribution >= 4 is 11.0 Å². The van der Waals surface area contributed by atoms with Crippen LogP contribution in [0.25, 0.3) is 11.0 Å². The molecule has 0 amide bonds. The van der Waals surface area contributed by atoms with Gasteiger partial charge in [-0.05, 0) is 12.1 Å². The molecule has 0 aliphatic heterocycles. The smallest absolute Gasteiger partial charge is 0.232 e. The van der Waals surface area contributed by atoms with Crippen LogP contribution < -0.4 is 4.74 Å². The summed E-state index contributed by atoms with van der Waals surface area (Å²) in [4.78, 5) is 8.37. The molecule has 1 heterocycles. The van der Waals surface area contributed by atoms with Crippen LogP contribution in [0.3, 0.4) is 0 Å². The molecule has 0 bridgehead atoms. The van der Waals surface area contributed by atoms with Crippen molar-refractivity contribution in [2.45, 2.75) is 0 Å². The molecule has 0 aliphatic rings. The van der Waals surface area contributed by atoms with Crippen LogP contribution in [0.5, 0.6) is 11.6 Å². The highest BCUT2D eigenvalue weighted by Crippen LogP contribution is 2.18. The van der Waals surface area contributed by atoms with Gasteiger partial charge in [-0.1, -0.05) is 0 Å². The van der Waals surface area contributed by atoms with Gasteiger partial charge in [-0.2, -0.15) is 0 Å². The van der Waals surface area contributed by atoms with Crippen molar-refractivity contribution < 1.29 is 14.6 Å². The summed E-state index contributed by atoms with van der Waals surface area (Å²) in [6.07, 6.45) is 1.53. The van der Waals surface area contributed by atoms with Crippen molar-refractivity contribution in [3.8, 4) is 11.6 Å². The van der Waals surface area contributed by atoms with Gasteiger partial charge in [0.1, 0.15) is 12.4 Å². The third-order valence-electron chi connectivity index (χ3n) is 2.04. The lowest BCUT2D eigenvalue weighted by Gasteiger charge is -2.04. The molecule has 5 heteroatoms. The maximum atomic E-state index is 9.26. The van der Waals surface area contributed by atoms with Gasteiger partial charge in [0.15, 0.2) is 0 Å². The zero-order valence-electron chi connectivity index (χ0n) is 8.88. The number of aromatic nitrogens is 2. The summed E-state index contributed by atoms with van der Waals surface area (Å²) in [5, 5.41) is 9.26. The summed E-state index contributed by atoms with van der Waals surface area (Å²) >= 11 is 0. The van der Waals surface area contributed by atoms with Gasteiger partial charge in [0.2, 0.25) is 5.88 Å². The quantitative estimate of drug-likeness (QED) is 0.788. The first kappa shape index (κ1) is 10.6. The summed E-state index contributed by atoms with van der Waals surface area (Å²) in [6.45, 7) is 0.948. The summed E-state index contributed by atoms with van der Waals surface area (Å²) in [5.41, 5.74) is 1.33. The highest BCUT2D eigenvalue weighted by molar-refractivity contribution is 5.75. The molecule has 0 radical (unpaired) electrons. The Morgan fingerprint density at radius 2 is 2.12 bits per heavy atom. The second kappa shape index (κ2) is 4.76. The van der Waals surface area contributed by atoms with Crippen LogP contribution >= 0.6 is 0 Å². The molecule has 0 spiro atoms. The Balaban J connectivity index is 2.20. The molecule has 0 saturated heterocycles. The molecule has 0 saturated carbocycles. The fourth-order valence-corrected chi connectivity index (χ4v) is 1.28. The molecule has 1 aromatic heterocycles. The van der Waals surface area contributed by atoms with Crippen LogP contribution in [0.2, 0.25) is 0 Å². The van der Waals surface area contributed by atoms with Crippen LogP contribution in [-0.2, 0) is 4.74 Å². The van der Waals surface area contributed by atoms with Crippen molar-refractivity contribution in [2.75, 3.05) is 20.3 Å². The fourth-order valence-electron chi connectivity index (χ4n) is 1.28. The van der Waals surface area contributed by atoms with E-state index in [2.05, 4.69) is 9.97 Å². The monoisotopic (exact) mass is 220 g/mol. The average molecular weight is 220 g/mol. The number of hydrogen-bond donors (Lipinski definition) is 1. The molecule has 0 unspecified atom stereocenters. The van der Waals surface area contributed by atoms with Crippen molar-refractivity contribution in [1.29, 1.82) is 0 Å². The molecule has 1 N–H and O–H groups in total. The van der Waals surface area contributed by atoms with E-state index < -0.39 is 0 Å². The molecule has 0 atom stereocenters. The lowest BCUT2D eigenvalue weighted by Crippen LogP contribution is -2.05. The van der Waals surface area contributed by atoms with Gasteiger partial charge in [0, 0.05) is 13.2 Å². The van der Waals surface area contributed by atoms with Gasteiger partial charge in [-0.15, -0.1) is 0 Å². The molecular formula is C11H12N2O3. The van der Waals surface area contributed by atoms with E-state index in [9.17, 15) is 5.11 Å². The van der Waals surface area contributed by atoms with Gasteiger partial charge in [-0.3, -0.25) is 0 Å². The van der Waals surface area contributed by atoms with Gasteiger partial charge < -0.3 is 14.6 Å². The van der Waals surface area contributed by atoms with Gasteiger partial charge in [0.05, 0.1) is 23.8 Å². The number of phenols is 1. The number of benzene rings is 1. The molecule has 2 aromatic rings. The van der Waals surface area contributed by atoms with E-state index in [1.54, 1.807) is 25.3 Å². The molecule has 0 aliphatic carbocycles. The second-order valence-corrected chi connectivity index (χ2v) is 3.22. The van der Waals surface area contributed by atoms with Crippen molar-refractivity contribution in [3.05, 3.63) is 24.4 Å². The normalized spacial score (nSPS) is 10.6. The highest BCUT2D eigenvalue weighted by atomic mass is 16.5. The standard InChI is InChI=1S/C11H12N2O3/c1-15-4-5-16-11-7-12-10-6-8(14)2-3-9(10)13-11/h2-3,6-7,14H,4-5H2,1H3. The SMILES string of the molecule is COCCOc1cnc2cc(O)ccc2n1. The average Bonchev–Trinajstić information content (AvgIpc) is 2.29. The maximum absolute atomic E-state index is 9.26.